The van der Waals surface area contributed by atoms with Crippen molar-refractivity contribution in [2.75, 3.05) is 19.7 Å². The summed E-state index contributed by atoms with van der Waals surface area (Å²) in [4.78, 5) is 16.7. The highest BCUT2D eigenvalue weighted by atomic mass is 19.4. The second-order valence-corrected chi connectivity index (χ2v) is 7.94. The van der Waals surface area contributed by atoms with Crippen LogP contribution in [0.25, 0.3) is 0 Å². The number of rotatable bonds is 6. The van der Waals surface area contributed by atoms with Crippen molar-refractivity contribution in [1.29, 1.82) is 0 Å². The number of halogens is 7. The number of hydrogen-bond donors (Lipinski definition) is 0. The van der Waals surface area contributed by atoms with Gasteiger partial charge in [0, 0.05) is 6.54 Å². The fourth-order valence-electron chi connectivity index (χ4n) is 3.82. The van der Waals surface area contributed by atoms with Crippen LogP contribution < -0.4 is 0 Å². The standard InChI is InChI=1S/C22H17F7N4O3/c23-16-3-1-13(2-4-16)18-19(35-6-5-33(18)10-17-30-20(34)32-31-17)36-11-12-7-14(21(24,25)26)9-15(8-12)22(27,28)29/h1-4,7-9,18-19H,5-6,10-11H2/t18-,19-/m0/s1. The first-order valence-corrected chi connectivity index (χ1v) is 10.4. The maximum atomic E-state index is 13.5. The monoisotopic (exact) mass is 518 g/mol. The Labute approximate surface area is 199 Å². The topological polar surface area (TPSA) is 75.9 Å². The molecule has 0 aromatic heterocycles. The van der Waals surface area contributed by atoms with Crippen LogP contribution in [0, 0.1) is 5.82 Å². The Hall–Kier alpha value is -3.23. The molecule has 1 fully saturated rings. The summed E-state index contributed by atoms with van der Waals surface area (Å²) in [6, 6.07) is 4.84. The zero-order chi connectivity index (χ0) is 26.1. The summed E-state index contributed by atoms with van der Waals surface area (Å²) in [6.45, 7) is -0.256. The molecule has 2 aromatic rings. The van der Waals surface area contributed by atoms with Crippen LogP contribution in [0.1, 0.15) is 28.3 Å². The molecule has 7 nitrogen and oxygen atoms in total. The van der Waals surface area contributed by atoms with Gasteiger partial charge in [0.05, 0.1) is 36.9 Å². The van der Waals surface area contributed by atoms with Crippen LogP contribution in [0.4, 0.5) is 35.5 Å². The van der Waals surface area contributed by atoms with E-state index in [0.29, 0.717) is 17.7 Å². The van der Waals surface area contributed by atoms with Crippen molar-refractivity contribution in [2.24, 2.45) is 15.2 Å². The number of hydrogen-bond acceptors (Lipinski definition) is 5. The molecule has 1 saturated heterocycles. The molecule has 2 atom stereocenters. The molecule has 36 heavy (non-hydrogen) atoms. The van der Waals surface area contributed by atoms with E-state index in [1.807, 2.05) is 0 Å². The Kier molecular flexibility index (Phi) is 7.20. The predicted molar refractivity (Wildman–Crippen MR) is 109 cm³/mol. The van der Waals surface area contributed by atoms with Gasteiger partial charge in [-0.2, -0.15) is 31.3 Å². The molecular weight excluding hydrogens is 501 g/mol. The molecule has 2 aliphatic heterocycles. The van der Waals surface area contributed by atoms with E-state index in [1.165, 1.54) is 24.3 Å². The number of alkyl halides is 6. The van der Waals surface area contributed by atoms with Crippen LogP contribution in [0.3, 0.4) is 0 Å². The predicted octanol–water partition coefficient (Wildman–Crippen LogP) is 5.76. The van der Waals surface area contributed by atoms with E-state index in [1.54, 1.807) is 4.90 Å². The fourth-order valence-corrected chi connectivity index (χ4v) is 3.82. The van der Waals surface area contributed by atoms with Gasteiger partial charge in [0.25, 0.3) is 0 Å². The van der Waals surface area contributed by atoms with Crippen LogP contribution in [0.5, 0.6) is 0 Å². The van der Waals surface area contributed by atoms with Gasteiger partial charge in [0.1, 0.15) is 5.82 Å². The van der Waals surface area contributed by atoms with Crippen molar-refractivity contribution < 1.29 is 45.0 Å². The number of carbonyl (C=O) groups excluding carboxylic acids is 1. The van der Waals surface area contributed by atoms with E-state index in [9.17, 15) is 35.5 Å². The number of benzene rings is 2. The minimum Gasteiger partial charge on any atom is -0.349 e. The van der Waals surface area contributed by atoms with E-state index in [-0.39, 0.29) is 37.2 Å². The molecule has 0 aliphatic carbocycles. The first-order chi connectivity index (χ1) is 16.9. The van der Waals surface area contributed by atoms with Gasteiger partial charge >= 0.3 is 18.4 Å². The smallest absolute Gasteiger partial charge is 0.349 e. The third kappa shape index (κ3) is 6.12. The molecule has 192 valence electrons. The number of morpholine rings is 1. The largest absolute Gasteiger partial charge is 0.416 e. The molecule has 0 saturated carbocycles. The van der Waals surface area contributed by atoms with Crippen molar-refractivity contribution in [1.82, 2.24) is 4.90 Å². The minimum absolute atomic E-state index is 0.0162. The molecule has 4 rings (SSSR count). The highest BCUT2D eigenvalue weighted by Gasteiger charge is 2.38. The first-order valence-electron chi connectivity index (χ1n) is 10.4. The first kappa shape index (κ1) is 25.9. The molecule has 0 bridgehead atoms. The minimum atomic E-state index is -5.00. The second-order valence-electron chi connectivity index (χ2n) is 7.94. The lowest BCUT2D eigenvalue weighted by molar-refractivity contribution is -0.214. The summed E-state index contributed by atoms with van der Waals surface area (Å²) >= 11 is 0. The van der Waals surface area contributed by atoms with E-state index in [0.717, 1.165) is 0 Å². The third-order valence-electron chi connectivity index (χ3n) is 5.41. The number of amidine groups is 1. The lowest BCUT2D eigenvalue weighted by Crippen LogP contribution is -2.48. The van der Waals surface area contributed by atoms with Crippen molar-refractivity contribution in [3.8, 4) is 0 Å². The summed E-state index contributed by atoms with van der Waals surface area (Å²) in [6.07, 6.45) is -11.2. The molecule has 2 heterocycles. The molecule has 0 N–H and O–H groups in total. The van der Waals surface area contributed by atoms with Crippen molar-refractivity contribution in [3.05, 3.63) is 70.5 Å². The van der Waals surface area contributed by atoms with Gasteiger partial charge in [-0.1, -0.05) is 17.2 Å². The van der Waals surface area contributed by atoms with E-state index in [4.69, 9.17) is 9.47 Å². The lowest BCUT2D eigenvalue weighted by Gasteiger charge is -2.40. The summed E-state index contributed by atoms with van der Waals surface area (Å²) < 4.78 is 104. The molecule has 0 spiro atoms. The highest BCUT2D eigenvalue weighted by Crippen LogP contribution is 2.37. The number of amides is 2. The quantitative estimate of drug-likeness (QED) is 0.456. The number of carbonyl (C=O) groups is 1. The number of ether oxygens (including phenoxy) is 2. The van der Waals surface area contributed by atoms with Gasteiger partial charge < -0.3 is 9.47 Å². The fraction of sp³-hybridized carbons (Fsp3) is 0.364. The van der Waals surface area contributed by atoms with E-state index in [2.05, 4.69) is 15.2 Å². The Balaban J connectivity index is 1.61. The summed E-state index contributed by atoms with van der Waals surface area (Å²) in [5, 5.41) is 6.97. The Morgan fingerprint density at radius 1 is 0.972 bits per heavy atom. The van der Waals surface area contributed by atoms with Gasteiger partial charge in [-0.25, -0.2) is 9.18 Å². The maximum Gasteiger partial charge on any atom is 0.416 e. The number of azo groups is 1. The molecule has 2 aliphatic rings. The van der Waals surface area contributed by atoms with Crippen molar-refractivity contribution in [3.63, 3.8) is 0 Å². The van der Waals surface area contributed by atoms with Gasteiger partial charge in [0.15, 0.2) is 12.1 Å². The number of nitrogens with zero attached hydrogens (tertiary/aromatic N) is 4. The van der Waals surface area contributed by atoms with E-state index < -0.39 is 54.3 Å². The molecule has 2 aromatic carbocycles. The number of urea groups is 1. The normalized spacial score (nSPS) is 21.2. The van der Waals surface area contributed by atoms with Gasteiger partial charge in [-0.3, -0.25) is 4.90 Å². The van der Waals surface area contributed by atoms with Crippen LogP contribution >= 0.6 is 0 Å². The average Bonchev–Trinajstić information content (AvgIpc) is 3.21. The maximum absolute atomic E-state index is 13.5. The van der Waals surface area contributed by atoms with Gasteiger partial charge in [0.2, 0.25) is 0 Å². The molecule has 2 amide bonds. The Bertz CT molecular complexity index is 1150. The SMILES string of the molecule is O=C1N=NC(CN2CCO[C@@H](OCc3cc(C(F)(F)F)cc(C(F)(F)F)c3)[C@@H]2c2ccc(F)cc2)=N1. The summed E-state index contributed by atoms with van der Waals surface area (Å²) in [5.74, 6) is -0.428. The van der Waals surface area contributed by atoms with Gasteiger partial charge in [-0.15, -0.1) is 5.11 Å². The molecular formula is C22H17F7N4O3. The molecule has 14 heteroatoms. The van der Waals surface area contributed by atoms with Crippen LogP contribution in [0.2, 0.25) is 0 Å². The van der Waals surface area contributed by atoms with Crippen molar-refractivity contribution >= 4 is 11.9 Å². The van der Waals surface area contributed by atoms with Crippen molar-refractivity contribution in [2.45, 2.75) is 31.3 Å². The van der Waals surface area contributed by atoms with Crippen LogP contribution in [-0.2, 0) is 28.4 Å². The second kappa shape index (κ2) is 10.0. The summed E-state index contributed by atoms with van der Waals surface area (Å²) in [5.41, 5.74) is -2.81. The average molecular weight is 518 g/mol. The third-order valence-corrected chi connectivity index (χ3v) is 5.41. The summed E-state index contributed by atoms with van der Waals surface area (Å²) in [7, 11) is 0. The molecule has 0 unspecified atom stereocenters. The Morgan fingerprint density at radius 3 is 2.17 bits per heavy atom. The van der Waals surface area contributed by atoms with E-state index >= 15 is 0 Å². The molecule has 0 radical (unpaired) electrons. The highest BCUT2D eigenvalue weighted by molar-refractivity contribution is 5.99. The zero-order valence-corrected chi connectivity index (χ0v) is 18.2. The van der Waals surface area contributed by atoms with Crippen LogP contribution in [-0.4, -0.2) is 42.8 Å². The van der Waals surface area contributed by atoms with Crippen LogP contribution in [0.15, 0.2) is 57.7 Å². The lowest BCUT2D eigenvalue weighted by atomic mass is 10.0. The Morgan fingerprint density at radius 2 is 1.61 bits per heavy atom. The number of aliphatic imine (C=N–C) groups is 1. The zero-order valence-electron chi connectivity index (χ0n) is 18.2. The van der Waals surface area contributed by atoms with Gasteiger partial charge in [-0.05, 0) is 41.5 Å².